The maximum atomic E-state index is 12.5. The number of hydrogen-bond acceptors (Lipinski definition) is 4. The largest absolute Gasteiger partial charge is 0.496 e. The van der Waals surface area contributed by atoms with E-state index in [0.29, 0.717) is 17.1 Å². The third-order valence-corrected chi connectivity index (χ3v) is 3.86. The molecule has 20 heavy (non-hydrogen) atoms. The quantitative estimate of drug-likeness (QED) is 0.859. The van der Waals surface area contributed by atoms with Gasteiger partial charge in [-0.2, -0.15) is 0 Å². The summed E-state index contributed by atoms with van der Waals surface area (Å²) in [7, 11) is 3.05. The number of benzene rings is 1. The number of carbonyl (C=O) groups is 1. The summed E-state index contributed by atoms with van der Waals surface area (Å²) in [5.74, 6) is 0.894. The standard InChI is InChI=1S/C15H21NO4/c1-19-12-7-4-8-13(20-2)14(12)15(18)16-11-6-3-5-10(11)9-17/h4,7-8,10-11,17H,3,5-6,9H2,1-2H3,(H,16,18). The van der Waals surface area contributed by atoms with Crippen molar-refractivity contribution >= 4 is 5.91 Å². The summed E-state index contributed by atoms with van der Waals surface area (Å²) in [5.41, 5.74) is 0.404. The van der Waals surface area contributed by atoms with Crippen LogP contribution in [-0.2, 0) is 0 Å². The van der Waals surface area contributed by atoms with E-state index in [1.807, 2.05) is 0 Å². The number of nitrogens with one attached hydrogen (secondary N) is 1. The molecule has 1 aromatic rings. The lowest BCUT2D eigenvalue weighted by Gasteiger charge is -2.20. The number of amides is 1. The van der Waals surface area contributed by atoms with Crippen molar-refractivity contribution in [2.75, 3.05) is 20.8 Å². The fourth-order valence-corrected chi connectivity index (χ4v) is 2.76. The van der Waals surface area contributed by atoms with Gasteiger partial charge < -0.3 is 19.9 Å². The molecule has 0 heterocycles. The van der Waals surface area contributed by atoms with Crippen LogP contribution in [-0.4, -0.2) is 37.9 Å². The number of rotatable bonds is 5. The lowest BCUT2D eigenvalue weighted by molar-refractivity contribution is 0.0910. The van der Waals surface area contributed by atoms with Crippen molar-refractivity contribution in [1.29, 1.82) is 0 Å². The van der Waals surface area contributed by atoms with Crippen LogP contribution in [0.15, 0.2) is 18.2 Å². The highest BCUT2D eigenvalue weighted by Crippen LogP contribution is 2.30. The van der Waals surface area contributed by atoms with Gasteiger partial charge in [-0.05, 0) is 25.0 Å². The van der Waals surface area contributed by atoms with Gasteiger partial charge in [0, 0.05) is 18.6 Å². The first-order valence-electron chi connectivity index (χ1n) is 6.84. The molecule has 1 aliphatic carbocycles. The Kier molecular flexibility index (Phi) is 4.84. The Morgan fingerprint density at radius 3 is 2.50 bits per heavy atom. The van der Waals surface area contributed by atoms with Gasteiger partial charge >= 0.3 is 0 Å². The normalized spacial score (nSPS) is 21.6. The lowest BCUT2D eigenvalue weighted by Crippen LogP contribution is -2.38. The zero-order valence-electron chi connectivity index (χ0n) is 11.9. The van der Waals surface area contributed by atoms with Gasteiger partial charge in [-0.15, -0.1) is 0 Å². The molecule has 0 saturated heterocycles. The molecule has 2 rings (SSSR count). The first-order valence-corrected chi connectivity index (χ1v) is 6.84. The van der Waals surface area contributed by atoms with Gasteiger partial charge in [-0.25, -0.2) is 0 Å². The zero-order chi connectivity index (χ0) is 14.5. The van der Waals surface area contributed by atoms with Gasteiger partial charge in [0.25, 0.3) is 5.91 Å². The predicted octanol–water partition coefficient (Wildman–Crippen LogP) is 1.59. The van der Waals surface area contributed by atoms with Crippen molar-refractivity contribution in [3.63, 3.8) is 0 Å². The van der Waals surface area contributed by atoms with Gasteiger partial charge in [0.15, 0.2) is 0 Å². The summed E-state index contributed by atoms with van der Waals surface area (Å²) in [4.78, 5) is 12.5. The Bertz CT molecular complexity index is 453. The molecule has 5 nitrogen and oxygen atoms in total. The van der Waals surface area contributed by atoms with Gasteiger partial charge in [0.1, 0.15) is 17.1 Å². The minimum absolute atomic E-state index is 0.0159. The fourth-order valence-electron chi connectivity index (χ4n) is 2.76. The third-order valence-electron chi connectivity index (χ3n) is 3.86. The number of aliphatic hydroxyl groups excluding tert-OH is 1. The van der Waals surface area contributed by atoms with E-state index in [1.165, 1.54) is 14.2 Å². The third kappa shape index (κ3) is 2.88. The summed E-state index contributed by atoms with van der Waals surface area (Å²) < 4.78 is 10.5. The molecule has 1 saturated carbocycles. The van der Waals surface area contributed by atoms with Gasteiger partial charge in [0.2, 0.25) is 0 Å². The maximum absolute atomic E-state index is 12.5. The molecule has 1 fully saturated rings. The van der Waals surface area contributed by atoms with Crippen LogP contribution < -0.4 is 14.8 Å². The van der Waals surface area contributed by atoms with E-state index in [0.717, 1.165) is 19.3 Å². The number of ether oxygens (including phenoxy) is 2. The number of carbonyl (C=O) groups excluding carboxylic acids is 1. The molecule has 1 amide bonds. The van der Waals surface area contributed by atoms with E-state index >= 15 is 0 Å². The fraction of sp³-hybridized carbons (Fsp3) is 0.533. The highest BCUT2D eigenvalue weighted by molar-refractivity contribution is 5.99. The SMILES string of the molecule is COc1cccc(OC)c1C(=O)NC1CCCC1CO. The summed E-state index contributed by atoms with van der Waals surface area (Å²) in [5, 5.41) is 12.3. The summed E-state index contributed by atoms with van der Waals surface area (Å²) in [6.07, 6.45) is 2.87. The molecular formula is C15H21NO4. The van der Waals surface area contributed by atoms with Crippen LogP contribution in [0.3, 0.4) is 0 Å². The molecule has 1 aromatic carbocycles. The van der Waals surface area contributed by atoms with Crippen molar-refractivity contribution in [3.05, 3.63) is 23.8 Å². The molecule has 0 radical (unpaired) electrons. The average Bonchev–Trinajstić information content (AvgIpc) is 2.93. The van der Waals surface area contributed by atoms with Crippen molar-refractivity contribution in [2.24, 2.45) is 5.92 Å². The lowest BCUT2D eigenvalue weighted by atomic mass is 10.0. The maximum Gasteiger partial charge on any atom is 0.259 e. The second kappa shape index (κ2) is 6.61. The van der Waals surface area contributed by atoms with Crippen LogP contribution >= 0.6 is 0 Å². The minimum Gasteiger partial charge on any atom is -0.496 e. The number of hydrogen-bond donors (Lipinski definition) is 2. The van der Waals surface area contributed by atoms with E-state index in [4.69, 9.17) is 9.47 Å². The first-order chi connectivity index (χ1) is 9.71. The number of aliphatic hydroxyl groups is 1. The second-order valence-electron chi connectivity index (χ2n) is 4.99. The Labute approximate surface area is 118 Å². The van der Waals surface area contributed by atoms with Crippen LogP contribution in [0.1, 0.15) is 29.6 Å². The van der Waals surface area contributed by atoms with E-state index in [2.05, 4.69) is 5.32 Å². The predicted molar refractivity (Wildman–Crippen MR) is 75.2 cm³/mol. The van der Waals surface area contributed by atoms with Gasteiger partial charge in [-0.3, -0.25) is 4.79 Å². The molecule has 2 N–H and O–H groups in total. The summed E-state index contributed by atoms with van der Waals surface area (Å²) >= 11 is 0. The first kappa shape index (κ1) is 14.7. The van der Waals surface area contributed by atoms with E-state index in [9.17, 15) is 9.90 Å². The molecule has 0 aliphatic heterocycles. The van der Waals surface area contributed by atoms with Crippen molar-refractivity contribution in [3.8, 4) is 11.5 Å². The Balaban J connectivity index is 2.20. The molecule has 0 bridgehead atoms. The van der Waals surface area contributed by atoms with Crippen LogP contribution in [0, 0.1) is 5.92 Å². The van der Waals surface area contributed by atoms with E-state index in [-0.39, 0.29) is 24.5 Å². The van der Waals surface area contributed by atoms with Gasteiger partial charge in [-0.1, -0.05) is 12.5 Å². The molecule has 5 heteroatoms. The number of methoxy groups -OCH3 is 2. The molecule has 0 spiro atoms. The topological polar surface area (TPSA) is 67.8 Å². The van der Waals surface area contributed by atoms with E-state index in [1.54, 1.807) is 18.2 Å². The van der Waals surface area contributed by atoms with Crippen LogP contribution in [0.2, 0.25) is 0 Å². The summed E-state index contributed by atoms with van der Waals surface area (Å²) in [6.45, 7) is 0.105. The molecular weight excluding hydrogens is 258 g/mol. The highest BCUT2D eigenvalue weighted by Gasteiger charge is 2.29. The smallest absolute Gasteiger partial charge is 0.259 e. The molecule has 2 atom stereocenters. The van der Waals surface area contributed by atoms with E-state index < -0.39 is 0 Å². The molecule has 1 aliphatic rings. The van der Waals surface area contributed by atoms with Crippen LogP contribution in [0.5, 0.6) is 11.5 Å². The Hall–Kier alpha value is -1.75. The highest BCUT2D eigenvalue weighted by atomic mass is 16.5. The summed E-state index contributed by atoms with van der Waals surface area (Å²) in [6, 6.07) is 5.26. The Morgan fingerprint density at radius 2 is 1.95 bits per heavy atom. The van der Waals surface area contributed by atoms with Crippen molar-refractivity contribution in [2.45, 2.75) is 25.3 Å². The zero-order valence-corrected chi connectivity index (χ0v) is 11.9. The molecule has 110 valence electrons. The van der Waals surface area contributed by atoms with Crippen LogP contribution in [0.25, 0.3) is 0 Å². The van der Waals surface area contributed by atoms with Crippen molar-refractivity contribution in [1.82, 2.24) is 5.32 Å². The van der Waals surface area contributed by atoms with Gasteiger partial charge in [0.05, 0.1) is 14.2 Å². The van der Waals surface area contributed by atoms with Crippen molar-refractivity contribution < 1.29 is 19.4 Å². The van der Waals surface area contributed by atoms with Crippen LogP contribution in [0.4, 0.5) is 0 Å². The monoisotopic (exact) mass is 279 g/mol. The minimum atomic E-state index is -0.218. The average molecular weight is 279 g/mol. The Morgan fingerprint density at radius 1 is 1.30 bits per heavy atom. The second-order valence-corrected chi connectivity index (χ2v) is 4.99. The molecule has 0 aromatic heterocycles. The molecule has 2 unspecified atom stereocenters.